The van der Waals surface area contributed by atoms with E-state index in [1.165, 1.54) is 6.92 Å². The van der Waals surface area contributed by atoms with Gasteiger partial charge < -0.3 is 31.9 Å². The molecular weight excluding hydrogens is 404 g/mol. The van der Waals surface area contributed by atoms with Crippen molar-refractivity contribution < 1.29 is 34.2 Å². The van der Waals surface area contributed by atoms with E-state index in [0.717, 1.165) is 0 Å². The third-order valence-electron chi connectivity index (χ3n) is 4.29. The van der Waals surface area contributed by atoms with Gasteiger partial charge in [0.1, 0.15) is 18.1 Å². The Morgan fingerprint density at radius 3 is 1.86 bits per heavy atom. The number of aliphatic carboxylic acids is 2. The van der Waals surface area contributed by atoms with Crippen LogP contribution >= 0.6 is 12.6 Å². The van der Waals surface area contributed by atoms with E-state index in [1.807, 2.05) is 0 Å². The van der Waals surface area contributed by atoms with Gasteiger partial charge in [0.15, 0.2) is 0 Å². The predicted molar refractivity (Wildman–Crippen MR) is 107 cm³/mol. The maximum atomic E-state index is 12.5. The van der Waals surface area contributed by atoms with E-state index < -0.39 is 60.2 Å². The fourth-order valence-corrected chi connectivity index (χ4v) is 2.50. The molecule has 0 saturated heterocycles. The summed E-state index contributed by atoms with van der Waals surface area (Å²) in [5, 5.41) is 25.2. The van der Waals surface area contributed by atoms with Crippen molar-refractivity contribution in [3.8, 4) is 0 Å². The van der Waals surface area contributed by atoms with Crippen LogP contribution in [0.2, 0.25) is 0 Å². The molecule has 29 heavy (non-hydrogen) atoms. The summed E-state index contributed by atoms with van der Waals surface area (Å²) in [6, 6.07) is -4.49. The molecule has 0 heterocycles. The number of carboxylic acid groups (broad SMARTS) is 2. The molecule has 0 aliphatic carbocycles. The van der Waals surface area contributed by atoms with Crippen LogP contribution in [0.15, 0.2) is 0 Å². The second kappa shape index (κ2) is 13.0. The van der Waals surface area contributed by atoms with E-state index in [2.05, 4.69) is 28.6 Å². The Bertz CT molecular complexity index is 615. The third-order valence-corrected chi connectivity index (χ3v) is 4.65. The molecular formula is C17H30N4O7S. The average molecular weight is 435 g/mol. The van der Waals surface area contributed by atoms with E-state index in [-0.39, 0.29) is 18.1 Å². The second-order valence-corrected chi connectivity index (χ2v) is 7.10. The lowest BCUT2D eigenvalue weighted by molar-refractivity contribution is -0.143. The maximum absolute atomic E-state index is 12.5. The highest BCUT2D eigenvalue weighted by Gasteiger charge is 2.31. The number of nitrogens with two attached hydrogens (primary N) is 1. The molecule has 0 spiro atoms. The van der Waals surface area contributed by atoms with E-state index in [0.29, 0.717) is 6.42 Å². The summed E-state index contributed by atoms with van der Waals surface area (Å²) >= 11 is 4.01. The summed E-state index contributed by atoms with van der Waals surface area (Å²) in [5.74, 6) is -5.08. The normalized spacial score (nSPS) is 15.9. The van der Waals surface area contributed by atoms with Gasteiger partial charge in [-0.15, -0.1) is 0 Å². The van der Waals surface area contributed by atoms with Gasteiger partial charge in [-0.05, 0) is 19.3 Å². The van der Waals surface area contributed by atoms with Crippen LogP contribution in [-0.4, -0.2) is 69.8 Å². The Morgan fingerprint density at radius 2 is 1.45 bits per heavy atom. The minimum absolute atomic E-state index is 0.142. The van der Waals surface area contributed by atoms with Gasteiger partial charge in [-0.25, -0.2) is 4.79 Å². The lowest BCUT2D eigenvalue weighted by Gasteiger charge is -2.25. The van der Waals surface area contributed by atoms with Crippen molar-refractivity contribution >= 4 is 42.3 Å². The summed E-state index contributed by atoms with van der Waals surface area (Å²) in [5.41, 5.74) is 5.45. The van der Waals surface area contributed by atoms with Gasteiger partial charge in [-0.1, -0.05) is 20.3 Å². The first-order valence-corrected chi connectivity index (χ1v) is 9.79. The minimum atomic E-state index is -1.23. The first kappa shape index (κ1) is 26.7. The van der Waals surface area contributed by atoms with Crippen LogP contribution in [-0.2, 0) is 24.0 Å². The van der Waals surface area contributed by atoms with Gasteiger partial charge in [0.05, 0.1) is 6.04 Å². The number of carboxylic acids is 2. The van der Waals surface area contributed by atoms with Crippen LogP contribution in [0.1, 0.15) is 40.0 Å². The smallest absolute Gasteiger partial charge is 0.326 e. The van der Waals surface area contributed by atoms with Crippen LogP contribution < -0.4 is 21.7 Å². The highest BCUT2D eigenvalue weighted by molar-refractivity contribution is 7.80. The zero-order valence-corrected chi connectivity index (χ0v) is 17.6. The quantitative estimate of drug-likeness (QED) is 0.174. The molecule has 7 N–H and O–H groups in total. The summed E-state index contributed by atoms with van der Waals surface area (Å²) in [6.07, 6.45) is -0.106. The Kier molecular flexibility index (Phi) is 11.9. The fraction of sp³-hybridized carbons (Fsp3) is 0.706. The first-order valence-electron chi connectivity index (χ1n) is 9.16. The van der Waals surface area contributed by atoms with Gasteiger partial charge in [0, 0.05) is 12.2 Å². The van der Waals surface area contributed by atoms with Crippen molar-refractivity contribution in [3.05, 3.63) is 0 Å². The molecule has 0 radical (unpaired) electrons. The fourth-order valence-electron chi connectivity index (χ4n) is 2.24. The number of carbonyl (C=O) groups excluding carboxylic acids is 3. The van der Waals surface area contributed by atoms with Crippen molar-refractivity contribution in [2.45, 2.75) is 64.2 Å². The third kappa shape index (κ3) is 9.61. The van der Waals surface area contributed by atoms with Crippen LogP contribution in [0.5, 0.6) is 0 Å². The monoisotopic (exact) mass is 434 g/mol. The number of nitrogens with one attached hydrogen (secondary N) is 3. The molecule has 0 saturated carbocycles. The Labute approximate surface area is 174 Å². The van der Waals surface area contributed by atoms with Crippen molar-refractivity contribution in [2.24, 2.45) is 11.7 Å². The number of hydrogen-bond donors (Lipinski definition) is 7. The van der Waals surface area contributed by atoms with Gasteiger partial charge in [-0.2, -0.15) is 12.6 Å². The van der Waals surface area contributed by atoms with Crippen LogP contribution in [0, 0.1) is 5.92 Å². The minimum Gasteiger partial charge on any atom is -0.481 e. The zero-order valence-electron chi connectivity index (χ0n) is 16.7. The Hall–Kier alpha value is -2.34. The highest BCUT2D eigenvalue weighted by Crippen LogP contribution is 2.09. The summed E-state index contributed by atoms with van der Waals surface area (Å²) in [6.45, 7) is 4.84. The SMILES string of the molecule is CCC(C)C(NC(=O)C(CS)NC(=O)C(CCC(=O)O)NC(=O)C(C)N)C(=O)O. The van der Waals surface area contributed by atoms with Gasteiger partial charge >= 0.3 is 11.9 Å². The van der Waals surface area contributed by atoms with Gasteiger partial charge in [-0.3, -0.25) is 19.2 Å². The van der Waals surface area contributed by atoms with Gasteiger partial charge in [0.2, 0.25) is 17.7 Å². The molecule has 0 aromatic carbocycles. The van der Waals surface area contributed by atoms with Gasteiger partial charge in [0.25, 0.3) is 0 Å². The highest BCUT2D eigenvalue weighted by atomic mass is 32.1. The molecule has 0 aromatic heterocycles. The lowest BCUT2D eigenvalue weighted by atomic mass is 9.99. The molecule has 0 aliphatic rings. The Morgan fingerprint density at radius 1 is 0.931 bits per heavy atom. The van der Waals surface area contributed by atoms with Crippen molar-refractivity contribution in [2.75, 3.05) is 5.75 Å². The summed E-state index contributed by atoms with van der Waals surface area (Å²) < 4.78 is 0. The number of rotatable bonds is 13. The number of carbonyl (C=O) groups is 5. The van der Waals surface area contributed by atoms with Crippen LogP contribution in [0.4, 0.5) is 0 Å². The van der Waals surface area contributed by atoms with E-state index >= 15 is 0 Å². The molecule has 5 atom stereocenters. The second-order valence-electron chi connectivity index (χ2n) is 6.74. The predicted octanol–water partition coefficient (Wildman–Crippen LogP) is -1.29. The number of amides is 3. The standard InChI is InChI=1S/C17H30N4O7S/c1-4-8(2)13(17(27)28)21-16(26)11(7-29)20-15(25)10(5-6-12(22)23)19-14(24)9(3)18/h8-11,13,29H,4-7,18H2,1-3H3,(H,19,24)(H,20,25)(H,21,26)(H,22,23)(H,27,28). The molecule has 5 unspecified atom stereocenters. The maximum Gasteiger partial charge on any atom is 0.326 e. The summed E-state index contributed by atoms with van der Waals surface area (Å²) in [7, 11) is 0. The molecule has 12 heteroatoms. The topological polar surface area (TPSA) is 188 Å². The lowest BCUT2D eigenvalue weighted by Crippen LogP contribution is -2.58. The molecule has 166 valence electrons. The largest absolute Gasteiger partial charge is 0.481 e. The molecule has 0 aliphatic heterocycles. The van der Waals surface area contributed by atoms with E-state index in [9.17, 15) is 29.1 Å². The van der Waals surface area contributed by atoms with E-state index in [1.54, 1.807) is 13.8 Å². The molecule has 0 aromatic rings. The Balaban J connectivity index is 5.24. The van der Waals surface area contributed by atoms with Crippen LogP contribution in [0.3, 0.4) is 0 Å². The average Bonchev–Trinajstić information content (AvgIpc) is 2.65. The molecule has 11 nitrogen and oxygen atoms in total. The molecule has 3 amide bonds. The zero-order chi connectivity index (χ0) is 22.7. The first-order chi connectivity index (χ1) is 13.4. The van der Waals surface area contributed by atoms with Crippen molar-refractivity contribution in [3.63, 3.8) is 0 Å². The molecule has 0 fully saturated rings. The number of hydrogen-bond acceptors (Lipinski definition) is 7. The molecule has 0 bridgehead atoms. The van der Waals surface area contributed by atoms with Crippen LogP contribution in [0.25, 0.3) is 0 Å². The van der Waals surface area contributed by atoms with Crippen molar-refractivity contribution in [1.82, 2.24) is 16.0 Å². The molecule has 0 rings (SSSR count). The summed E-state index contributed by atoms with van der Waals surface area (Å²) in [4.78, 5) is 58.9. The van der Waals surface area contributed by atoms with E-state index in [4.69, 9.17) is 10.8 Å². The van der Waals surface area contributed by atoms with Crippen molar-refractivity contribution in [1.29, 1.82) is 0 Å². The number of thiol groups is 1.